The fraction of sp³-hybridized carbons (Fsp3) is 0.524. The van der Waals surface area contributed by atoms with Crippen LogP contribution >= 0.6 is 12.4 Å². The van der Waals surface area contributed by atoms with Crippen molar-refractivity contribution in [1.29, 1.82) is 0 Å². The Kier molecular flexibility index (Phi) is 8.37. The lowest BCUT2D eigenvalue weighted by Gasteiger charge is -2.27. The smallest absolute Gasteiger partial charge is 0.246 e. The molecule has 1 saturated heterocycles. The van der Waals surface area contributed by atoms with Gasteiger partial charge < -0.3 is 20.1 Å². The van der Waals surface area contributed by atoms with Gasteiger partial charge in [0.15, 0.2) is 0 Å². The summed E-state index contributed by atoms with van der Waals surface area (Å²) < 4.78 is 5.38. The molecule has 2 atom stereocenters. The van der Waals surface area contributed by atoms with Gasteiger partial charge in [0, 0.05) is 38.2 Å². The Hall–Kier alpha value is -2.45. The fourth-order valence-electron chi connectivity index (χ4n) is 3.59. The maximum Gasteiger partial charge on any atom is 0.246 e. The number of aryl methyl sites for hydroxylation is 1. The highest BCUT2D eigenvalue weighted by Gasteiger charge is 2.31. The van der Waals surface area contributed by atoms with Crippen LogP contribution in [0.15, 0.2) is 28.8 Å². The Morgan fingerprint density at radius 1 is 1.23 bits per heavy atom. The van der Waals surface area contributed by atoms with E-state index in [1.165, 1.54) is 6.92 Å². The molecule has 2 N–H and O–H groups in total. The second-order valence-electron chi connectivity index (χ2n) is 7.69. The molecule has 30 heavy (non-hydrogen) atoms. The number of nitrogens with zero attached hydrogens (tertiary/aromatic N) is 4. The molecule has 0 spiro atoms. The van der Waals surface area contributed by atoms with Crippen LogP contribution in [-0.4, -0.2) is 57.4 Å². The van der Waals surface area contributed by atoms with Gasteiger partial charge in [-0.15, -0.1) is 12.4 Å². The quantitative estimate of drug-likeness (QED) is 0.772. The van der Waals surface area contributed by atoms with Gasteiger partial charge in [0.05, 0.1) is 12.5 Å². The molecule has 8 nitrogen and oxygen atoms in total. The molecule has 0 unspecified atom stereocenters. The van der Waals surface area contributed by atoms with E-state index in [9.17, 15) is 9.59 Å². The summed E-state index contributed by atoms with van der Waals surface area (Å²) in [6.07, 6.45) is 1.38. The molecular formula is C21H30ClN5O3. The van der Waals surface area contributed by atoms with Crippen LogP contribution in [0.4, 0.5) is 0 Å². The molecule has 3 rings (SSSR count). The van der Waals surface area contributed by atoms with E-state index in [2.05, 4.69) is 10.1 Å². The van der Waals surface area contributed by atoms with Crippen molar-refractivity contribution in [2.24, 2.45) is 11.7 Å². The monoisotopic (exact) mass is 435 g/mol. The van der Waals surface area contributed by atoms with Crippen LogP contribution in [0.3, 0.4) is 0 Å². The number of carbonyl (C=O) groups is 2. The summed E-state index contributed by atoms with van der Waals surface area (Å²) >= 11 is 0. The van der Waals surface area contributed by atoms with E-state index in [0.29, 0.717) is 37.8 Å². The maximum absolute atomic E-state index is 13.1. The third-order valence-electron chi connectivity index (χ3n) is 5.37. The Morgan fingerprint density at radius 3 is 2.57 bits per heavy atom. The van der Waals surface area contributed by atoms with Crippen molar-refractivity contribution in [2.75, 3.05) is 19.6 Å². The maximum atomic E-state index is 13.1. The highest BCUT2D eigenvalue weighted by atomic mass is 35.5. The summed E-state index contributed by atoms with van der Waals surface area (Å²) in [5, 5.41) is 4.04. The van der Waals surface area contributed by atoms with E-state index in [-0.39, 0.29) is 42.7 Å². The Morgan fingerprint density at radius 2 is 1.93 bits per heavy atom. The number of carbonyl (C=O) groups excluding carboxylic acids is 2. The van der Waals surface area contributed by atoms with Gasteiger partial charge in [-0.05, 0) is 26.7 Å². The van der Waals surface area contributed by atoms with Crippen molar-refractivity contribution in [3.8, 4) is 11.4 Å². The first-order valence-corrected chi connectivity index (χ1v) is 10.1. The molecular weight excluding hydrogens is 406 g/mol. The van der Waals surface area contributed by atoms with E-state index in [1.807, 2.05) is 38.1 Å². The zero-order chi connectivity index (χ0) is 21.0. The van der Waals surface area contributed by atoms with Gasteiger partial charge >= 0.3 is 0 Å². The first-order valence-electron chi connectivity index (χ1n) is 10.1. The molecule has 1 aliphatic heterocycles. The first kappa shape index (κ1) is 23.8. The second-order valence-corrected chi connectivity index (χ2v) is 7.69. The Labute approximate surface area is 183 Å². The minimum Gasteiger partial charge on any atom is -0.341 e. The number of halogens is 1. The normalized spacial score (nSPS) is 19.0. The number of benzene rings is 1. The van der Waals surface area contributed by atoms with E-state index in [0.717, 1.165) is 17.5 Å². The molecule has 0 aliphatic carbocycles. The van der Waals surface area contributed by atoms with E-state index >= 15 is 0 Å². The predicted molar refractivity (Wildman–Crippen MR) is 116 cm³/mol. The highest BCUT2D eigenvalue weighted by Crippen LogP contribution is 2.21. The van der Waals surface area contributed by atoms with E-state index in [1.54, 1.807) is 9.80 Å². The van der Waals surface area contributed by atoms with Crippen molar-refractivity contribution >= 4 is 24.2 Å². The second kappa shape index (κ2) is 10.5. The standard InChI is InChI=1S/C21H29N5O3.ClH/c1-4-25(21(28)17-9-10-18(22)12-26(11-17)15(3)27)13-19-23-20(24-29-19)16-7-5-14(2)6-8-16;/h5-8,17-18H,4,9-13,22H2,1-3H3;1H/t17-,18+;/m1./s1. The lowest BCUT2D eigenvalue weighted by molar-refractivity contribution is -0.138. The summed E-state index contributed by atoms with van der Waals surface area (Å²) in [4.78, 5) is 32.8. The molecule has 1 aromatic heterocycles. The summed E-state index contributed by atoms with van der Waals surface area (Å²) in [5.74, 6) is 0.564. The van der Waals surface area contributed by atoms with Crippen molar-refractivity contribution < 1.29 is 14.1 Å². The molecule has 164 valence electrons. The molecule has 0 saturated carbocycles. The number of amides is 2. The molecule has 9 heteroatoms. The van der Waals surface area contributed by atoms with Gasteiger partial charge in [-0.25, -0.2) is 0 Å². The minimum atomic E-state index is -0.271. The summed E-state index contributed by atoms with van der Waals surface area (Å²) in [6.45, 7) is 7.11. The summed E-state index contributed by atoms with van der Waals surface area (Å²) in [7, 11) is 0. The lowest BCUT2D eigenvalue weighted by atomic mass is 10.0. The zero-order valence-corrected chi connectivity index (χ0v) is 18.5. The number of hydrogen-bond acceptors (Lipinski definition) is 6. The minimum absolute atomic E-state index is 0. The lowest BCUT2D eigenvalue weighted by Crippen LogP contribution is -2.43. The number of likely N-dealkylation sites (tertiary alicyclic amines) is 1. The molecule has 2 amide bonds. The van der Waals surface area contributed by atoms with Crippen LogP contribution < -0.4 is 5.73 Å². The first-order chi connectivity index (χ1) is 13.9. The number of rotatable bonds is 5. The average Bonchev–Trinajstić information content (AvgIpc) is 3.07. The molecule has 0 bridgehead atoms. The highest BCUT2D eigenvalue weighted by molar-refractivity contribution is 5.85. The molecule has 2 heterocycles. The van der Waals surface area contributed by atoms with Crippen molar-refractivity contribution in [1.82, 2.24) is 19.9 Å². The molecule has 1 aliphatic rings. The molecule has 0 radical (unpaired) electrons. The van der Waals surface area contributed by atoms with Gasteiger partial charge in [-0.2, -0.15) is 4.98 Å². The van der Waals surface area contributed by atoms with Crippen LogP contribution in [0, 0.1) is 12.8 Å². The van der Waals surface area contributed by atoms with Crippen LogP contribution in [0.2, 0.25) is 0 Å². The van der Waals surface area contributed by atoms with Crippen LogP contribution in [-0.2, 0) is 16.1 Å². The zero-order valence-electron chi connectivity index (χ0n) is 17.7. The third kappa shape index (κ3) is 5.79. The third-order valence-corrected chi connectivity index (χ3v) is 5.37. The van der Waals surface area contributed by atoms with Crippen LogP contribution in [0.1, 0.15) is 38.1 Å². The SMILES string of the molecule is CCN(Cc1nc(-c2ccc(C)cc2)no1)C(=O)[C@@H]1CC[C@H](N)CN(C(C)=O)C1.Cl. The number of aromatic nitrogens is 2. The Balaban J connectivity index is 0.00000320. The topological polar surface area (TPSA) is 106 Å². The van der Waals surface area contributed by atoms with Gasteiger partial charge in [0.25, 0.3) is 0 Å². The van der Waals surface area contributed by atoms with Gasteiger partial charge in [0.2, 0.25) is 23.5 Å². The molecule has 1 fully saturated rings. The number of hydrogen-bond donors (Lipinski definition) is 1. The fourth-order valence-corrected chi connectivity index (χ4v) is 3.59. The number of nitrogens with two attached hydrogens (primary N) is 1. The summed E-state index contributed by atoms with van der Waals surface area (Å²) in [5.41, 5.74) is 8.10. The Bertz CT molecular complexity index is 855. The largest absolute Gasteiger partial charge is 0.341 e. The molecule has 2 aromatic rings. The molecule has 1 aromatic carbocycles. The predicted octanol–water partition coefficient (Wildman–Crippen LogP) is 2.40. The summed E-state index contributed by atoms with van der Waals surface area (Å²) in [6, 6.07) is 7.77. The van der Waals surface area contributed by atoms with Crippen molar-refractivity contribution in [3.63, 3.8) is 0 Å². The van der Waals surface area contributed by atoms with Crippen LogP contribution in [0.25, 0.3) is 11.4 Å². The van der Waals surface area contributed by atoms with Gasteiger partial charge in [0.1, 0.15) is 0 Å². The van der Waals surface area contributed by atoms with E-state index in [4.69, 9.17) is 10.3 Å². The van der Waals surface area contributed by atoms with Crippen molar-refractivity contribution in [2.45, 2.75) is 46.2 Å². The van der Waals surface area contributed by atoms with Gasteiger partial charge in [-0.1, -0.05) is 35.0 Å². The van der Waals surface area contributed by atoms with Crippen LogP contribution in [0.5, 0.6) is 0 Å². The van der Waals surface area contributed by atoms with E-state index < -0.39 is 0 Å². The van der Waals surface area contributed by atoms with Crippen molar-refractivity contribution in [3.05, 3.63) is 35.7 Å². The average molecular weight is 436 g/mol. The van der Waals surface area contributed by atoms with Gasteiger partial charge in [-0.3, -0.25) is 9.59 Å².